The number of aryl methyl sites for hydroxylation is 2. The van der Waals surface area contributed by atoms with Crippen LogP contribution in [0.5, 0.6) is 0 Å². The second kappa shape index (κ2) is 7.48. The molecule has 0 unspecified atom stereocenters. The van der Waals surface area contributed by atoms with E-state index in [0.29, 0.717) is 18.3 Å². The van der Waals surface area contributed by atoms with E-state index in [1.54, 1.807) is 0 Å². The summed E-state index contributed by atoms with van der Waals surface area (Å²) in [6.07, 6.45) is 5.35. The molecule has 0 radical (unpaired) electrons. The number of carbonyl (C=O) groups is 2. The predicted molar refractivity (Wildman–Crippen MR) is 143 cm³/mol. The van der Waals surface area contributed by atoms with E-state index in [0.717, 1.165) is 65.5 Å². The monoisotopic (exact) mass is 480 g/mol. The third kappa shape index (κ3) is 3.09. The van der Waals surface area contributed by atoms with E-state index in [1.165, 1.54) is 0 Å². The minimum atomic E-state index is -0.475. The van der Waals surface area contributed by atoms with E-state index in [9.17, 15) is 9.59 Å². The highest BCUT2D eigenvalue weighted by Crippen LogP contribution is 2.65. The Bertz CT molecular complexity index is 1420. The van der Waals surface area contributed by atoms with Crippen molar-refractivity contribution in [1.29, 1.82) is 0 Å². The molecule has 0 atom stereocenters. The van der Waals surface area contributed by atoms with Crippen molar-refractivity contribution >= 4 is 45.3 Å². The summed E-state index contributed by atoms with van der Waals surface area (Å²) in [5.74, 6) is 2.69. The summed E-state index contributed by atoms with van der Waals surface area (Å²) >= 11 is 0. The van der Waals surface area contributed by atoms with Crippen LogP contribution < -0.4 is 10.6 Å². The quantitative estimate of drug-likeness (QED) is 0.386. The van der Waals surface area contributed by atoms with Gasteiger partial charge in [0.2, 0.25) is 11.8 Å². The highest BCUT2D eigenvalue weighted by Gasteiger charge is 2.63. The normalized spacial score (nSPS) is 28.6. The molecule has 2 N–H and O–H groups in total. The summed E-state index contributed by atoms with van der Waals surface area (Å²) < 4.78 is 4.10. The molecule has 0 saturated heterocycles. The van der Waals surface area contributed by atoms with Gasteiger partial charge in [-0.15, -0.1) is 0 Å². The molecule has 6 nitrogen and oxygen atoms in total. The molecule has 0 spiro atoms. The second-order valence-corrected chi connectivity index (χ2v) is 11.7. The number of hydrogen-bond donors (Lipinski definition) is 2. The Kier molecular flexibility index (Phi) is 4.51. The topological polar surface area (TPSA) is 68.1 Å². The van der Waals surface area contributed by atoms with Gasteiger partial charge in [0.15, 0.2) is 0 Å². The molecular weight excluding hydrogens is 448 g/mol. The van der Waals surface area contributed by atoms with E-state index in [2.05, 4.69) is 56.2 Å². The lowest BCUT2D eigenvalue weighted by Crippen LogP contribution is -2.59. The van der Waals surface area contributed by atoms with Gasteiger partial charge in [-0.1, -0.05) is 36.4 Å². The van der Waals surface area contributed by atoms with Crippen LogP contribution in [0.25, 0.3) is 21.8 Å². The number of rotatable bonds is 4. The Morgan fingerprint density at radius 2 is 1.14 bits per heavy atom. The zero-order valence-corrected chi connectivity index (χ0v) is 20.9. The number of aromatic nitrogens is 2. The fourth-order valence-corrected chi connectivity index (χ4v) is 8.11. The van der Waals surface area contributed by atoms with Crippen LogP contribution in [0.15, 0.2) is 60.7 Å². The van der Waals surface area contributed by atoms with E-state index >= 15 is 0 Å². The van der Waals surface area contributed by atoms with Gasteiger partial charge in [-0.05, 0) is 74.6 Å². The number of anilines is 2. The fourth-order valence-electron chi connectivity index (χ4n) is 8.11. The lowest BCUT2D eigenvalue weighted by Gasteiger charge is -2.60. The minimum absolute atomic E-state index is 0.0873. The standard InChI is InChI=1S/C30H32N4O2/c1-33-23-9-5-3-7-21(23)12-25(33)31-27(35)29-14-19-11-20(15-29)17-30(16-19,18-29)28(36)32-26-13-22-8-4-6-10-24(22)34(26)2/h3-10,12-13,19-20H,11,14-18H2,1-2H3,(H,31,35)(H,32,36). The van der Waals surface area contributed by atoms with Gasteiger partial charge in [-0.3, -0.25) is 9.59 Å². The molecule has 4 aliphatic rings. The van der Waals surface area contributed by atoms with Crippen molar-refractivity contribution in [3.63, 3.8) is 0 Å². The summed E-state index contributed by atoms with van der Waals surface area (Å²) in [4.78, 5) is 27.9. The van der Waals surface area contributed by atoms with Crippen LogP contribution in [0.2, 0.25) is 0 Å². The number of benzene rings is 2. The van der Waals surface area contributed by atoms with Gasteiger partial charge in [0.05, 0.1) is 10.8 Å². The first-order valence-corrected chi connectivity index (χ1v) is 13.1. The molecule has 6 heteroatoms. The second-order valence-electron chi connectivity index (χ2n) is 11.7. The maximum atomic E-state index is 13.9. The molecule has 4 aliphatic carbocycles. The summed E-state index contributed by atoms with van der Waals surface area (Å²) in [7, 11) is 3.99. The Morgan fingerprint density at radius 3 is 1.56 bits per heavy atom. The number of nitrogens with one attached hydrogen (secondary N) is 2. The molecule has 184 valence electrons. The molecule has 4 saturated carbocycles. The summed E-state index contributed by atoms with van der Waals surface area (Å²) in [6, 6.07) is 20.5. The van der Waals surface area contributed by atoms with Crippen molar-refractivity contribution in [2.24, 2.45) is 36.8 Å². The largest absolute Gasteiger partial charge is 0.330 e. The van der Waals surface area contributed by atoms with Gasteiger partial charge in [0.1, 0.15) is 11.6 Å². The van der Waals surface area contributed by atoms with Gasteiger partial charge in [-0.25, -0.2) is 0 Å². The Morgan fingerprint density at radius 1 is 0.722 bits per heavy atom. The number of amides is 2. The van der Waals surface area contributed by atoms with Gasteiger partial charge in [0.25, 0.3) is 0 Å². The van der Waals surface area contributed by atoms with Gasteiger partial charge in [0, 0.05) is 35.9 Å². The molecular formula is C30H32N4O2. The fraction of sp³-hybridized carbons (Fsp3) is 0.400. The molecule has 36 heavy (non-hydrogen) atoms. The Hall–Kier alpha value is -3.54. The lowest BCUT2D eigenvalue weighted by molar-refractivity contribution is -0.161. The number of carbonyl (C=O) groups excluding carboxylic acids is 2. The highest BCUT2D eigenvalue weighted by molar-refractivity contribution is 6.01. The molecule has 2 heterocycles. The third-order valence-electron chi connectivity index (χ3n) is 9.41. The zero-order chi connectivity index (χ0) is 24.7. The SMILES string of the molecule is Cn1c(NC(=O)C23CC4CC(C2)CC(C(=O)Nc2cc5ccccc5n2C)(C4)C3)cc2ccccc21. The third-order valence-corrected chi connectivity index (χ3v) is 9.41. The number of nitrogens with zero attached hydrogens (tertiary/aromatic N) is 2. The maximum Gasteiger partial charge on any atom is 0.231 e. The number of fused-ring (bicyclic) bond motifs is 2. The lowest BCUT2D eigenvalue weighted by atomic mass is 9.43. The summed E-state index contributed by atoms with van der Waals surface area (Å²) in [5, 5.41) is 8.79. The number of hydrogen-bond acceptors (Lipinski definition) is 2. The van der Waals surface area contributed by atoms with Crippen LogP contribution in [-0.4, -0.2) is 20.9 Å². The van der Waals surface area contributed by atoms with Crippen LogP contribution in [0.1, 0.15) is 38.5 Å². The molecule has 4 bridgehead atoms. The van der Waals surface area contributed by atoms with Gasteiger partial charge < -0.3 is 19.8 Å². The smallest absolute Gasteiger partial charge is 0.231 e. The Balaban J connectivity index is 1.18. The first-order valence-electron chi connectivity index (χ1n) is 13.1. The molecule has 2 amide bonds. The number of para-hydroxylation sites is 2. The van der Waals surface area contributed by atoms with Crippen molar-refractivity contribution < 1.29 is 9.59 Å². The van der Waals surface area contributed by atoms with E-state index in [-0.39, 0.29) is 11.8 Å². The molecule has 4 fully saturated rings. The first-order chi connectivity index (χ1) is 17.4. The molecule has 0 aliphatic heterocycles. The molecule has 2 aromatic carbocycles. The predicted octanol–water partition coefficient (Wildman–Crippen LogP) is 5.83. The minimum Gasteiger partial charge on any atom is -0.330 e. The van der Waals surface area contributed by atoms with Crippen LogP contribution in [-0.2, 0) is 23.7 Å². The van der Waals surface area contributed by atoms with E-state index in [4.69, 9.17) is 0 Å². The maximum absolute atomic E-state index is 13.9. The van der Waals surface area contributed by atoms with Crippen molar-refractivity contribution in [2.45, 2.75) is 38.5 Å². The van der Waals surface area contributed by atoms with Gasteiger partial charge in [-0.2, -0.15) is 0 Å². The van der Waals surface area contributed by atoms with Gasteiger partial charge >= 0.3 is 0 Å². The molecule has 4 aromatic rings. The van der Waals surface area contributed by atoms with Crippen LogP contribution in [0.4, 0.5) is 11.6 Å². The zero-order valence-electron chi connectivity index (χ0n) is 20.9. The van der Waals surface area contributed by atoms with E-state index < -0.39 is 10.8 Å². The van der Waals surface area contributed by atoms with Crippen LogP contribution in [0, 0.1) is 22.7 Å². The molecule has 2 aromatic heterocycles. The Labute approximate surface area is 210 Å². The highest BCUT2D eigenvalue weighted by atomic mass is 16.2. The summed E-state index contributed by atoms with van der Waals surface area (Å²) in [6.45, 7) is 0. The average Bonchev–Trinajstić information content (AvgIpc) is 3.34. The summed E-state index contributed by atoms with van der Waals surface area (Å²) in [5.41, 5.74) is 1.25. The van der Waals surface area contributed by atoms with Crippen LogP contribution >= 0.6 is 0 Å². The molecule has 8 rings (SSSR count). The van der Waals surface area contributed by atoms with E-state index in [1.807, 2.05) is 38.4 Å². The van der Waals surface area contributed by atoms with Crippen molar-refractivity contribution in [3.05, 3.63) is 60.7 Å². The van der Waals surface area contributed by atoms with Crippen LogP contribution in [0.3, 0.4) is 0 Å². The average molecular weight is 481 g/mol. The van der Waals surface area contributed by atoms with Crippen molar-refractivity contribution in [2.75, 3.05) is 10.6 Å². The van der Waals surface area contributed by atoms with Crippen molar-refractivity contribution in [3.8, 4) is 0 Å². The van der Waals surface area contributed by atoms with Crippen molar-refractivity contribution in [1.82, 2.24) is 9.13 Å². The first kappa shape index (κ1) is 21.7.